The van der Waals surface area contributed by atoms with E-state index in [1.54, 1.807) is 0 Å². The summed E-state index contributed by atoms with van der Waals surface area (Å²) in [6.07, 6.45) is 4.47. The van der Waals surface area contributed by atoms with E-state index in [4.69, 9.17) is 4.74 Å². The van der Waals surface area contributed by atoms with Gasteiger partial charge in [0.25, 0.3) is 0 Å². The van der Waals surface area contributed by atoms with Crippen LogP contribution in [0.1, 0.15) is 60.3 Å². The summed E-state index contributed by atoms with van der Waals surface area (Å²) >= 11 is 0. The molecule has 0 aliphatic heterocycles. The predicted molar refractivity (Wildman–Crippen MR) is 63.7 cm³/mol. The molecule has 0 radical (unpaired) electrons. The number of ether oxygens (including phenoxy) is 1. The van der Waals surface area contributed by atoms with Crippen LogP contribution in [0, 0.1) is 11.8 Å². The first-order valence-corrected chi connectivity index (χ1v) is 6.27. The molecule has 0 amide bonds. The Bertz CT molecular complexity index is 157. The van der Waals surface area contributed by atoms with E-state index in [-0.39, 0.29) is 12.1 Å². The van der Waals surface area contributed by atoms with Crippen LogP contribution in [0.4, 0.5) is 0 Å². The zero-order valence-corrected chi connectivity index (χ0v) is 10.9. The molecule has 0 saturated carbocycles. The van der Waals surface area contributed by atoms with Crippen molar-refractivity contribution in [3.05, 3.63) is 0 Å². The minimum atomic E-state index is -0.140. The van der Waals surface area contributed by atoms with E-state index in [9.17, 15) is 4.79 Å². The first-order valence-electron chi connectivity index (χ1n) is 6.27. The molecule has 0 aliphatic rings. The van der Waals surface area contributed by atoms with Crippen LogP contribution >= 0.6 is 0 Å². The second kappa shape index (κ2) is 7.72. The van der Waals surface area contributed by atoms with Gasteiger partial charge in [-0.05, 0) is 37.5 Å². The van der Waals surface area contributed by atoms with E-state index >= 15 is 0 Å². The average Bonchev–Trinajstić information content (AvgIpc) is 2.20. The molecule has 2 heteroatoms. The molecule has 90 valence electrons. The molecular formula is C13H26O2. The Morgan fingerprint density at radius 3 is 1.47 bits per heavy atom. The van der Waals surface area contributed by atoms with Gasteiger partial charge in [-0.3, -0.25) is 4.79 Å². The average molecular weight is 214 g/mol. The summed E-state index contributed by atoms with van der Waals surface area (Å²) < 4.78 is 5.50. The Balaban J connectivity index is 4.59. The fraction of sp³-hybridized carbons (Fsp3) is 0.923. The maximum Gasteiger partial charge on any atom is 0.302 e. The second-order valence-electron chi connectivity index (χ2n) is 4.23. The van der Waals surface area contributed by atoms with Gasteiger partial charge < -0.3 is 4.74 Å². The Morgan fingerprint density at radius 1 is 0.933 bits per heavy atom. The molecule has 0 spiro atoms. The molecule has 2 nitrogen and oxygen atoms in total. The van der Waals surface area contributed by atoms with Crippen LogP contribution in [0.15, 0.2) is 0 Å². The predicted octanol–water partition coefficient (Wildman–Crippen LogP) is 3.79. The Hall–Kier alpha value is -0.530. The quantitative estimate of drug-likeness (QED) is 0.603. The van der Waals surface area contributed by atoms with Gasteiger partial charge in [0.2, 0.25) is 0 Å². The van der Waals surface area contributed by atoms with Gasteiger partial charge >= 0.3 is 5.97 Å². The molecule has 0 saturated heterocycles. The molecule has 0 aliphatic carbocycles. The third-order valence-electron chi connectivity index (χ3n) is 3.33. The number of carbonyl (C=O) groups excluding carboxylic acids is 1. The topological polar surface area (TPSA) is 26.3 Å². The Kier molecular flexibility index (Phi) is 7.45. The molecular weight excluding hydrogens is 188 g/mol. The zero-order chi connectivity index (χ0) is 11.8. The number of hydrogen-bond acceptors (Lipinski definition) is 2. The van der Waals surface area contributed by atoms with Crippen LogP contribution in [0.3, 0.4) is 0 Å². The van der Waals surface area contributed by atoms with E-state index in [0.717, 1.165) is 25.7 Å². The first-order chi connectivity index (χ1) is 7.10. The highest BCUT2D eigenvalue weighted by atomic mass is 16.5. The summed E-state index contributed by atoms with van der Waals surface area (Å²) in [5.74, 6) is 0.886. The molecule has 0 rings (SSSR count). The molecule has 0 aromatic rings. The van der Waals surface area contributed by atoms with Crippen LogP contribution in [0.25, 0.3) is 0 Å². The van der Waals surface area contributed by atoms with Gasteiger partial charge in [-0.2, -0.15) is 0 Å². The molecule has 0 atom stereocenters. The number of rotatable bonds is 7. The lowest BCUT2D eigenvalue weighted by Gasteiger charge is -2.31. The van der Waals surface area contributed by atoms with Gasteiger partial charge in [-0.25, -0.2) is 0 Å². The second-order valence-corrected chi connectivity index (χ2v) is 4.23. The fourth-order valence-electron chi connectivity index (χ4n) is 2.28. The maximum atomic E-state index is 11.1. The van der Waals surface area contributed by atoms with Crippen molar-refractivity contribution in [1.82, 2.24) is 0 Å². The fourth-order valence-corrected chi connectivity index (χ4v) is 2.28. The van der Waals surface area contributed by atoms with Gasteiger partial charge in [0.1, 0.15) is 6.10 Å². The molecule has 0 aromatic heterocycles. The van der Waals surface area contributed by atoms with E-state index in [0.29, 0.717) is 11.8 Å². The van der Waals surface area contributed by atoms with Crippen LogP contribution in [0.5, 0.6) is 0 Å². The summed E-state index contributed by atoms with van der Waals surface area (Å²) in [6.45, 7) is 10.2. The molecule has 0 aromatic carbocycles. The minimum Gasteiger partial charge on any atom is -0.462 e. The standard InChI is InChI=1S/C13H26O2/c1-6-11(7-2)13(15-10(5)14)12(8-3)9-4/h11-13H,6-9H2,1-5H3. The summed E-state index contributed by atoms with van der Waals surface area (Å²) in [6, 6.07) is 0. The molecule has 0 fully saturated rings. The van der Waals surface area contributed by atoms with Gasteiger partial charge in [0.15, 0.2) is 0 Å². The third-order valence-corrected chi connectivity index (χ3v) is 3.33. The van der Waals surface area contributed by atoms with Crippen LogP contribution < -0.4 is 0 Å². The van der Waals surface area contributed by atoms with Crippen molar-refractivity contribution >= 4 is 5.97 Å². The van der Waals surface area contributed by atoms with Crippen molar-refractivity contribution in [2.75, 3.05) is 0 Å². The van der Waals surface area contributed by atoms with E-state index in [1.807, 2.05) is 0 Å². The van der Waals surface area contributed by atoms with Crippen LogP contribution in [-0.4, -0.2) is 12.1 Å². The van der Waals surface area contributed by atoms with Crippen molar-refractivity contribution in [2.45, 2.75) is 66.4 Å². The molecule has 0 unspecified atom stereocenters. The van der Waals surface area contributed by atoms with Crippen molar-refractivity contribution in [3.8, 4) is 0 Å². The number of esters is 1. The van der Waals surface area contributed by atoms with Gasteiger partial charge in [-0.15, -0.1) is 0 Å². The van der Waals surface area contributed by atoms with Gasteiger partial charge in [0, 0.05) is 6.92 Å². The molecule has 0 heterocycles. The largest absolute Gasteiger partial charge is 0.462 e. The van der Waals surface area contributed by atoms with Gasteiger partial charge in [0.05, 0.1) is 0 Å². The van der Waals surface area contributed by atoms with Gasteiger partial charge in [-0.1, -0.05) is 27.7 Å². The van der Waals surface area contributed by atoms with E-state index in [2.05, 4.69) is 27.7 Å². The normalized spacial score (nSPS) is 11.5. The highest BCUT2D eigenvalue weighted by Crippen LogP contribution is 2.27. The highest BCUT2D eigenvalue weighted by Gasteiger charge is 2.27. The SMILES string of the molecule is CCC(CC)C(OC(C)=O)C(CC)CC. The van der Waals surface area contributed by atoms with Crippen molar-refractivity contribution in [3.63, 3.8) is 0 Å². The Labute approximate surface area is 94.4 Å². The smallest absolute Gasteiger partial charge is 0.302 e. The third kappa shape index (κ3) is 4.67. The van der Waals surface area contributed by atoms with E-state index < -0.39 is 0 Å². The Morgan fingerprint density at radius 2 is 1.27 bits per heavy atom. The van der Waals surface area contributed by atoms with Crippen molar-refractivity contribution in [1.29, 1.82) is 0 Å². The van der Waals surface area contributed by atoms with Crippen LogP contribution in [-0.2, 0) is 9.53 Å². The number of hydrogen-bond donors (Lipinski definition) is 0. The summed E-state index contributed by atoms with van der Waals surface area (Å²) in [7, 11) is 0. The van der Waals surface area contributed by atoms with Crippen molar-refractivity contribution < 1.29 is 9.53 Å². The lowest BCUT2D eigenvalue weighted by molar-refractivity contribution is -0.153. The van der Waals surface area contributed by atoms with Crippen LogP contribution in [0.2, 0.25) is 0 Å². The molecule has 0 N–H and O–H groups in total. The molecule has 15 heavy (non-hydrogen) atoms. The molecule has 0 bridgehead atoms. The monoisotopic (exact) mass is 214 g/mol. The lowest BCUT2D eigenvalue weighted by Crippen LogP contribution is -2.32. The highest BCUT2D eigenvalue weighted by molar-refractivity contribution is 5.66. The summed E-state index contributed by atoms with van der Waals surface area (Å²) in [5, 5.41) is 0. The van der Waals surface area contributed by atoms with E-state index in [1.165, 1.54) is 6.92 Å². The maximum absolute atomic E-state index is 11.1. The number of carbonyl (C=O) groups is 1. The summed E-state index contributed by atoms with van der Waals surface area (Å²) in [5.41, 5.74) is 0. The van der Waals surface area contributed by atoms with Crippen molar-refractivity contribution in [2.24, 2.45) is 11.8 Å². The lowest BCUT2D eigenvalue weighted by atomic mass is 9.84. The summed E-state index contributed by atoms with van der Waals surface area (Å²) in [4.78, 5) is 11.1. The minimum absolute atomic E-state index is 0.118. The first kappa shape index (κ1) is 14.5. The zero-order valence-electron chi connectivity index (χ0n) is 10.9.